The molecule has 0 aliphatic rings. The van der Waals surface area contributed by atoms with Crippen LogP contribution in [0.3, 0.4) is 0 Å². The Bertz CT molecular complexity index is 835. The SMILES string of the molecule is O=C(CCc1ccccc1)Nc1cccc(OCCOc2ccccc2)c1. The van der Waals surface area contributed by atoms with Gasteiger partial charge in [0.1, 0.15) is 24.7 Å². The van der Waals surface area contributed by atoms with Crippen molar-refractivity contribution in [3.05, 3.63) is 90.5 Å². The summed E-state index contributed by atoms with van der Waals surface area (Å²) in [5, 5.41) is 2.92. The summed E-state index contributed by atoms with van der Waals surface area (Å²) in [5.41, 5.74) is 1.89. The van der Waals surface area contributed by atoms with E-state index >= 15 is 0 Å². The minimum atomic E-state index is -0.0107. The molecule has 4 heteroatoms. The van der Waals surface area contributed by atoms with Gasteiger partial charge in [-0.1, -0.05) is 54.6 Å². The predicted octanol–water partition coefficient (Wildman–Crippen LogP) is 4.72. The molecule has 3 aromatic carbocycles. The van der Waals surface area contributed by atoms with E-state index in [2.05, 4.69) is 5.32 Å². The van der Waals surface area contributed by atoms with Crippen molar-refractivity contribution in [3.8, 4) is 11.5 Å². The molecule has 0 bridgehead atoms. The minimum absolute atomic E-state index is 0.0107. The first-order valence-corrected chi connectivity index (χ1v) is 9.04. The van der Waals surface area contributed by atoms with Gasteiger partial charge < -0.3 is 14.8 Å². The second-order valence-electron chi connectivity index (χ2n) is 6.07. The van der Waals surface area contributed by atoms with Gasteiger partial charge in [-0.3, -0.25) is 4.79 Å². The number of aryl methyl sites for hydroxylation is 1. The van der Waals surface area contributed by atoms with Gasteiger partial charge in [-0.15, -0.1) is 0 Å². The number of carbonyl (C=O) groups excluding carboxylic acids is 1. The fourth-order valence-electron chi connectivity index (χ4n) is 2.63. The van der Waals surface area contributed by atoms with Crippen molar-refractivity contribution in [2.45, 2.75) is 12.8 Å². The molecule has 27 heavy (non-hydrogen) atoms. The zero-order chi connectivity index (χ0) is 18.7. The van der Waals surface area contributed by atoms with E-state index < -0.39 is 0 Å². The topological polar surface area (TPSA) is 47.6 Å². The van der Waals surface area contributed by atoms with Gasteiger partial charge in [0.25, 0.3) is 0 Å². The molecule has 1 amide bonds. The highest BCUT2D eigenvalue weighted by molar-refractivity contribution is 5.91. The van der Waals surface area contributed by atoms with Crippen LogP contribution in [0.5, 0.6) is 11.5 Å². The summed E-state index contributed by atoms with van der Waals surface area (Å²) in [4.78, 5) is 12.1. The molecule has 0 aromatic heterocycles. The van der Waals surface area contributed by atoms with Crippen LogP contribution in [0, 0.1) is 0 Å². The number of hydrogen-bond donors (Lipinski definition) is 1. The van der Waals surface area contributed by atoms with E-state index in [4.69, 9.17) is 9.47 Å². The summed E-state index contributed by atoms with van der Waals surface area (Å²) >= 11 is 0. The Kier molecular flexibility index (Phi) is 6.87. The molecular weight excluding hydrogens is 338 g/mol. The smallest absolute Gasteiger partial charge is 0.224 e. The summed E-state index contributed by atoms with van der Waals surface area (Å²) in [6.07, 6.45) is 1.17. The highest BCUT2D eigenvalue weighted by Gasteiger charge is 2.04. The Morgan fingerprint density at radius 2 is 1.37 bits per heavy atom. The molecule has 0 spiro atoms. The molecule has 138 valence electrons. The summed E-state index contributed by atoms with van der Waals surface area (Å²) in [6, 6.07) is 27.0. The summed E-state index contributed by atoms with van der Waals surface area (Å²) in [6.45, 7) is 0.887. The molecule has 0 saturated carbocycles. The van der Waals surface area contributed by atoms with Crippen molar-refractivity contribution >= 4 is 11.6 Å². The van der Waals surface area contributed by atoms with E-state index in [0.29, 0.717) is 25.4 Å². The van der Waals surface area contributed by atoms with E-state index in [1.165, 1.54) is 0 Å². The minimum Gasteiger partial charge on any atom is -0.490 e. The van der Waals surface area contributed by atoms with Crippen molar-refractivity contribution < 1.29 is 14.3 Å². The number of rotatable bonds is 9. The first-order valence-electron chi connectivity index (χ1n) is 9.04. The van der Waals surface area contributed by atoms with E-state index in [9.17, 15) is 4.79 Å². The first-order chi connectivity index (χ1) is 13.3. The normalized spacial score (nSPS) is 10.2. The highest BCUT2D eigenvalue weighted by Crippen LogP contribution is 2.18. The average molecular weight is 361 g/mol. The van der Waals surface area contributed by atoms with Crippen LogP contribution in [0.15, 0.2) is 84.9 Å². The molecule has 0 atom stereocenters. The monoisotopic (exact) mass is 361 g/mol. The van der Waals surface area contributed by atoms with Gasteiger partial charge in [0, 0.05) is 18.2 Å². The second-order valence-corrected chi connectivity index (χ2v) is 6.07. The molecule has 0 unspecified atom stereocenters. The maximum Gasteiger partial charge on any atom is 0.224 e. The number of nitrogens with one attached hydrogen (secondary N) is 1. The van der Waals surface area contributed by atoms with Crippen LogP contribution in [-0.4, -0.2) is 19.1 Å². The summed E-state index contributed by atoms with van der Waals surface area (Å²) < 4.78 is 11.3. The maximum atomic E-state index is 12.1. The third-order valence-electron chi connectivity index (χ3n) is 3.97. The molecule has 4 nitrogen and oxygen atoms in total. The lowest BCUT2D eigenvalue weighted by Crippen LogP contribution is -2.13. The molecule has 0 radical (unpaired) electrons. The average Bonchev–Trinajstić information content (AvgIpc) is 2.72. The van der Waals surface area contributed by atoms with Crippen LogP contribution in [0.4, 0.5) is 5.69 Å². The zero-order valence-corrected chi connectivity index (χ0v) is 15.1. The third kappa shape index (κ3) is 6.51. The van der Waals surface area contributed by atoms with E-state index in [0.717, 1.165) is 23.4 Å². The predicted molar refractivity (Wildman–Crippen MR) is 107 cm³/mol. The fraction of sp³-hybridized carbons (Fsp3) is 0.174. The van der Waals surface area contributed by atoms with Crippen LogP contribution in [0.2, 0.25) is 0 Å². The van der Waals surface area contributed by atoms with Gasteiger partial charge in [-0.05, 0) is 36.2 Å². The number of ether oxygens (including phenoxy) is 2. The number of carbonyl (C=O) groups is 1. The van der Waals surface area contributed by atoms with Crippen LogP contribution in [0.25, 0.3) is 0 Å². The number of benzene rings is 3. The van der Waals surface area contributed by atoms with Crippen LogP contribution >= 0.6 is 0 Å². The quantitative estimate of drug-likeness (QED) is 0.561. The van der Waals surface area contributed by atoms with Crippen LogP contribution in [-0.2, 0) is 11.2 Å². The van der Waals surface area contributed by atoms with Gasteiger partial charge in [0.2, 0.25) is 5.91 Å². The number of para-hydroxylation sites is 1. The molecule has 0 heterocycles. The molecule has 3 aromatic rings. The van der Waals surface area contributed by atoms with Crippen molar-refractivity contribution in [1.82, 2.24) is 0 Å². The Morgan fingerprint density at radius 3 is 2.11 bits per heavy atom. The van der Waals surface area contributed by atoms with E-state index in [1.807, 2.05) is 84.9 Å². The van der Waals surface area contributed by atoms with Crippen molar-refractivity contribution in [1.29, 1.82) is 0 Å². The Balaban J connectivity index is 1.42. The van der Waals surface area contributed by atoms with Crippen LogP contribution in [0.1, 0.15) is 12.0 Å². The molecule has 1 N–H and O–H groups in total. The molecule has 0 fully saturated rings. The number of hydrogen-bond acceptors (Lipinski definition) is 3. The van der Waals surface area contributed by atoms with Gasteiger partial charge in [0.15, 0.2) is 0 Å². The molecule has 0 saturated heterocycles. The van der Waals surface area contributed by atoms with Crippen molar-refractivity contribution in [3.63, 3.8) is 0 Å². The Hall–Kier alpha value is -3.27. The van der Waals surface area contributed by atoms with Gasteiger partial charge in [-0.25, -0.2) is 0 Å². The Morgan fingerprint density at radius 1 is 0.741 bits per heavy atom. The van der Waals surface area contributed by atoms with Gasteiger partial charge in [-0.2, -0.15) is 0 Å². The summed E-state index contributed by atoms with van der Waals surface area (Å²) in [7, 11) is 0. The number of anilines is 1. The van der Waals surface area contributed by atoms with Crippen molar-refractivity contribution in [2.75, 3.05) is 18.5 Å². The lowest BCUT2D eigenvalue weighted by atomic mass is 10.1. The third-order valence-corrected chi connectivity index (χ3v) is 3.97. The lowest BCUT2D eigenvalue weighted by Gasteiger charge is -2.10. The lowest BCUT2D eigenvalue weighted by molar-refractivity contribution is -0.116. The summed E-state index contributed by atoms with van der Waals surface area (Å²) in [5.74, 6) is 1.51. The standard InChI is InChI=1S/C23H23NO3/c25-23(15-14-19-8-3-1-4-9-19)24-20-10-7-13-22(18-20)27-17-16-26-21-11-5-2-6-12-21/h1-13,18H,14-17H2,(H,24,25). The van der Waals surface area contributed by atoms with Gasteiger partial charge in [0.05, 0.1) is 0 Å². The first kappa shape index (κ1) is 18.5. The highest BCUT2D eigenvalue weighted by atomic mass is 16.5. The van der Waals surface area contributed by atoms with Crippen molar-refractivity contribution in [2.24, 2.45) is 0 Å². The Labute approximate surface area is 159 Å². The van der Waals surface area contributed by atoms with E-state index in [-0.39, 0.29) is 5.91 Å². The fourth-order valence-corrected chi connectivity index (χ4v) is 2.63. The molecule has 0 aliphatic carbocycles. The molecule has 3 rings (SSSR count). The van der Waals surface area contributed by atoms with E-state index in [1.54, 1.807) is 0 Å². The zero-order valence-electron chi connectivity index (χ0n) is 15.1. The maximum absolute atomic E-state index is 12.1. The molecule has 0 aliphatic heterocycles. The van der Waals surface area contributed by atoms with Crippen LogP contribution < -0.4 is 14.8 Å². The van der Waals surface area contributed by atoms with Gasteiger partial charge >= 0.3 is 0 Å². The second kappa shape index (κ2) is 10.0. The molecular formula is C23H23NO3. The largest absolute Gasteiger partial charge is 0.490 e. The number of amides is 1.